The Labute approximate surface area is 90.9 Å². The zero-order valence-corrected chi connectivity index (χ0v) is 9.23. The molecule has 0 unspecified atom stereocenters. The van der Waals surface area contributed by atoms with Crippen molar-refractivity contribution in [2.24, 2.45) is 0 Å². The molecule has 0 aliphatic carbocycles. The number of nitrogens with two attached hydrogens (primary N) is 1. The maximum absolute atomic E-state index is 13.1. The van der Waals surface area contributed by atoms with Gasteiger partial charge in [-0.2, -0.15) is 0 Å². The largest absolute Gasteiger partial charge is 0.380 e. The molecule has 2 rings (SSSR count). The van der Waals surface area contributed by atoms with Crippen LogP contribution in [0.15, 0.2) is 16.0 Å². The minimum Gasteiger partial charge on any atom is -0.380 e. The Hall–Kier alpha value is -0.630. The average Bonchev–Trinajstić information content (AvgIpc) is 2.62. The molecule has 3 nitrogen and oxygen atoms in total. The van der Waals surface area contributed by atoms with Crippen LogP contribution < -0.4 is 5.73 Å². The second kappa shape index (κ2) is 3.26. The molecule has 0 saturated heterocycles. The first-order valence-electron chi connectivity index (χ1n) is 3.34. The normalized spacial score (nSPS) is 10.6. The summed E-state index contributed by atoms with van der Waals surface area (Å²) in [6.45, 7) is 0. The Morgan fingerprint density at radius 2 is 2.38 bits per heavy atom. The van der Waals surface area contributed by atoms with E-state index in [1.807, 2.05) is 22.6 Å². The molecule has 2 aromatic rings. The highest BCUT2D eigenvalue weighted by molar-refractivity contribution is 14.1. The summed E-state index contributed by atoms with van der Waals surface area (Å²) in [6.07, 6.45) is 0. The lowest BCUT2D eigenvalue weighted by Gasteiger charge is -1.90. The molecule has 2 aromatic heterocycles. The lowest BCUT2D eigenvalue weighted by Crippen LogP contribution is -1.85. The van der Waals surface area contributed by atoms with E-state index < -0.39 is 0 Å². The molecule has 2 heterocycles. The fraction of sp³-hybridized carbons (Fsp3) is 0. The molecule has 6 heteroatoms. The van der Waals surface area contributed by atoms with Gasteiger partial charge in [0.05, 0.1) is 0 Å². The lowest BCUT2D eigenvalue weighted by molar-refractivity contribution is 0.434. The van der Waals surface area contributed by atoms with E-state index in [0.29, 0.717) is 20.0 Å². The van der Waals surface area contributed by atoms with E-state index in [2.05, 4.69) is 5.16 Å². The van der Waals surface area contributed by atoms with Gasteiger partial charge in [-0.05, 0) is 34.0 Å². The summed E-state index contributed by atoms with van der Waals surface area (Å²) in [5, 5.41) is 5.20. The van der Waals surface area contributed by atoms with Crippen LogP contribution in [-0.2, 0) is 0 Å². The summed E-state index contributed by atoms with van der Waals surface area (Å²) < 4.78 is 18.7. The van der Waals surface area contributed by atoms with Gasteiger partial charge in [-0.15, -0.1) is 11.3 Å². The predicted molar refractivity (Wildman–Crippen MR) is 56.9 cm³/mol. The Morgan fingerprint density at radius 3 is 2.85 bits per heavy atom. The van der Waals surface area contributed by atoms with E-state index >= 15 is 0 Å². The van der Waals surface area contributed by atoms with Gasteiger partial charge in [-0.1, -0.05) is 5.16 Å². The SMILES string of the molecule is Nc1noc(-c2sccc2F)c1I. The maximum atomic E-state index is 13.1. The average molecular weight is 310 g/mol. The van der Waals surface area contributed by atoms with Crippen molar-refractivity contribution in [3.8, 4) is 10.6 Å². The van der Waals surface area contributed by atoms with Crippen molar-refractivity contribution in [1.82, 2.24) is 5.16 Å². The molecule has 0 saturated carbocycles. The smallest absolute Gasteiger partial charge is 0.195 e. The van der Waals surface area contributed by atoms with Crippen LogP contribution in [0.5, 0.6) is 0 Å². The molecule has 0 atom stereocenters. The van der Waals surface area contributed by atoms with Gasteiger partial charge in [-0.3, -0.25) is 0 Å². The highest BCUT2D eigenvalue weighted by atomic mass is 127. The summed E-state index contributed by atoms with van der Waals surface area (Å²) in [5.41, 5.74) is 5.47. The number of halogens is 2. The third-order valence-electron chi connectivity index (χ3n) is 1.48. The summed E-state index contributed by atoms with van der Waals surface area (Å²) in [4.78, 5) is 0.439. The molecule has 0 aliphatic heterocycles. The van der Waals surface area contributed by atoms with Crippen molar-refractivity contribution in [3.05, 3.63) is 20.8 Å². The summed E-state index contributed by atoms with van der Waals surface area (Å²) in [5.74, 6) is 0.396. The standard InChI is InChI=1S/C7H4FIN2OS/c8-3-1-2-13-6(3)5-4(9)7(10)11-12-5/h1-2H,(H2,10,11). The molecule has 0 aromatic carbocycles. The zero-order chi connectivity index (χ0) is 9.42. The Morgan fingerprint density at radius 1 is 1.62 bits per heavy atom. The molecule has 0 amide bonds. The molecule has 2 N–H and O–H groups in total. The highest BCUT2D eigenvalue weighted by Crippen LogP contribution is 2.34. The summed E-state index contributed by atoms with van der Waals surface area (Å²) in [7, 11) is 0. The van der Waals surface area contributed by atoms with E-state index in [0.717, 1.165) is 0 Å². The van der Waals surface area contributed by atoms with Crippen LogP contribution in [0.25, 0.3) is 10.6 Å². The molecule has 0 aliphatic rings. The third-order valence-corrected chi connectivity index (χ3v) is 3.41. The fourth-order valence-electron chi connectivity index (χ4n) is 0.888. The molecule has 0 fully saturated rings. The van der Waals surface area contributed by atoms with E-state index in [9.17, 15) is 4.39 Å². The van der Waals surface area contributed by atoms with Crippen LogP contribution in [0.2, 0.25) is 0 Å². The van der Waals surface area contributed by atoms with Gasteiger partial charge in [0, 0.05) is 0 Å². The summed E-state index contributed by atoms with van der Waals surface area (Å²) in [6, 6.07) is 1.38. The second-order valence-electron chi connectivity index (χ2n) is 2.31. The minimum absolute atomic E-state index is 0.295. The third kappa shape index (κ3) is 1.44. The monoisotopic (exact) mass is 310 g/mol. The molecule has 0 bridgehead atoms. The first-order chi connectivity index (χ1) is 6.20. The van der Waals surface area contributed by atoms with Gasteiger partial charge >= 0.3 is 0 Å². The van der Waals surface area contributed by atoms with Crippen LogP contribution in [0.1, 0.15) is 0 Å². The number of anilines is 1. The van der Waals surface area contributed by atoms with Crippen LogP contribution in [0.4, 0.5) is 10.2 Å². The van der Waals surface area contributed by atoms with Crippen molar-refractivity contribution in [1.29, 1.82) is 0 Å². The van der Waals surface area contributed by atoms with Gasteiger partial charge in [-0.25, -0.2) is 4.39 Å². The number of hydrogen-bond acceptors (Lipinski definition) is 4. The molecular formula is C7H4FIN2OS. The van der Waals surface area contributed by atoms with E-state index in [4.69, 9.17) is 10.3 Å². The van der Waals surface area contributed by atoms with E-state index in [1.165, 1.54) is 17.4 Å². The first kappa shape index (κ1) is 8.95. The Balaban J connectivity index is 2.59. The number of nitrogens with zero attached hydrogens (tertiary/aromatic N) is 1. The molecular weight excluding hydrogens is 306 g/mol. The van der Waals surface area contributed by atoms with Gasteiger partial charge in [0.2, 0.25) is 0 Å². The van der Waals surface area contributed by atoms with Gasteiger partial charge in [0.1, 0.15) is 14.3 Å². The van der Waals surface area contributed by atoms with E-state index in [1.54, 1.807) is 5.38 Å². The Kier molecular flexibility index (Phi) is 2.24. The van der Waals surface area contributed by atoms with Crippen LogP contribution >= 0.6 is 33.9 Å². The summed E-state index contributed by atoms with van der Waals surface area (Å²) >= 11 is 3.24. The predicted octanol–water partition coefficient (Wildman–Crippen LogP) is 2.73. The lowest BCUT2D eigenvalue weighted by atomic mass is 10.3. The highest BCUT2D eigenvalue weighted by Gasteiger charge is 2.17. The molecule has 13 heavy (non-hydrogen) atoms. The Bertz CT molecular complexity index is 439. The zero-order valence-electron chi connectivity index (χ0n) is 6.25. The van der Waals surface area contributed by atoms with E-state index in [-0.39, 0.29) is 5.82 Å². The van der Waals surface area contributed by atoms with Crippen LogP contribution in [-0.4, -0.2) is 5.16 Å². The maximum Gasteiger partial charge on any atom is 0.195 e. The van der Waals surface area contributed by atoms with Crippen molar-refractivity contribution < 1.29 is 8.91 Å². The number of rotatable bonds is 1. The minimum atomic E-state index is -0.306. The number of aromatic nitrogens is 1. The van der Waals surface area contributed by atoms with Crippen molar-refractivity contribution in [2.75, 3.05) is 5.73 Å². The van der Waals surface area contributed by atoms with Gasteiger partial charge in [0.25, 0.3) is 0 Å². The van der Waals surface area contributed by atoms with Crippen LogP contribution in [0.3, 0.4) is 0 Å². The van der Waals surface area contributed by atoms with Crippen molar-refractivity contribution >= 4 is 39.7 Å². The van der Waals surface area contributed by atoms with Gasteiger partial charge in [0.15, 0.2) is 11.6 Å². The van der Waals surface area contributed by atoms with Crippen molar-refractivity contribution in [3.63, 3.8) is 0 Å². The first-order valence-corrected chi connectivity index (χ1v) is 5.30. The van der Waals surface area contributed by atoms with Crippen LogP contribution in [0, 0.1) is 9.39 Å². The quantitative estimate of drug-likeness (QED) is 0.824. The van der Waals surface area contributed by atoms with Gasteiger partial charge < -0.3 is 10.3 Å². The molecule has 68 valence electrons. The molecule has 0 radical (unpaired) electrons. The number of hydrogen-bond donors (Lipinski definition) is 1. The fourth-order valence-corrected chi connectivity index (χ4v) is 2.29. The number of thiophene rings is 1. The topological polar surface area (TPSA) is 52.0 Å². The second-order valence-corrected chi connectivity index (χ2v) is 4.30. The number of nitrogen functional groups attached to an aromatic ring is 1. The van der Waals surface area contributed by atoms with Crippen molar-refractivity contribution in [2.45, 2.75) is 0 Å². The molecule has 0 spiro atoms.